The van der Waals surface area contributed by atoms with Crippen LogP contribution in [-0.4, -0.2) is 20.2 Å². The molecule has 0 aliphatic rings. The minimum absolute atomic E-state index is 0. The molecule has 46 valence electrons. The summed E-state index contributed by atoms with van der Waals surface area (Å²) in [6.45, 7) is 0. The van der Waals surface area contributed by atoms with E-state index in [1.807, 2.05) is 0 Å². The predicted octanol–water partition coefficient (Wildman–Crippen LogP) is -4.64. The van der Waals surface area contributed by atoms with Gasteiger partial charge in [-0.05, 0) is 0 Å². The molecule has 0 aromatic rings. The van der Waals surface area contributed by atoms with Gasteiger partial charge >= 0.3 is 66.0 Å². The van der Waals surface area contributed by atoms with Crippen LogP contribution in [0.25, 0.3) is 0 Å². The Kier molecular flexibility index (Phi) is 26.9. The van der Waals surface area contributed by atoms with Crippen molar-refractivity contribution in [1.29, 1.82) is 0 Å². The zero-order chi connectivity index (χ0) is 4.50. The molecule has 0 rings (SSSR count). The van der Waals surface area contributed by atoms with Crippen molar-refractivity contribution in [2.24, 2.45) is 0 Å². The molecule has 0 aromatic heterocycles. The molecule has 0 fully saturated rings. The number of hydrogen-bond donors (Lipinski definition) is 3. The molecule has 5 N–H and O–H groups in total. The van der Waals surface area contributed by atoms with E-state index in [0.29, 0.717) is 0 Å². The van der Waals surface area contributed by atoms with Crippen LogP contribution in [0.15, 0.2) is 0 Å². The average Bonchev–Trinajstić information content (AvgIpc) is 0.722. The molecule has 8 heteroatoms. The molecule has 0 amide bonds. The van der Waals surface area contributed by atoms with Gasteiger partial charge < -0.3 is 21.6 Å². The maximum absolute atomic E-state index is 8.88. The van der Waals surface area contributed by atoms with Gasteiger partial charge in [-0.15, -0.1) is 0 Å². The van der Waals surface area contributed by atoms with E-state index in [1.165, 1.54) is 0 Å². The summed E-state index contributed by atoms with van der Waals surface area (Å²) in [5.41, 5.74) is 0. The molecule has 0 aliphatic heterocycles. The van der Waals surface area contributed by atoms with E-state index in [1.54, 1.807) is 0 Å². The Labute approximate surface area is 112 Å². The first-order valence-electron chi connectivity index (χ1n) is 0.783. The van der Waals surface area contributed by atoms with Gasteiger partial charge in [0.25, 0.3) is 0 Å². The van der Waals surface area contributed by atoms with Crippen molar-refractivity contribution >= 4 is 7.82 Å². The van der Waals surface area contributed by atoms with E-state index in [-0.39, 0.29) is 86.8 Å². The largest absolute Gasteiger partial charge is 1.00 e. The third-order valence-corrected chi connectivity index (χ3v) is 0. The first kappa shape index (κ1) is 22.4. The fraction of sp³-hybridized carbons (Fsp3) is 0. The van der Waals surface area contributed by atoms with E-state index in [4.69, 9.17) is 19.2 Å². The van der Waals surface area contributed by atoms with Gasteiger partial charge in [0.1, 0.15) is 0 Å². The van der Waals surface area contributed by atoms with Crippen molar-refractivity contribution in [3.63, 3.8) is 0 Å². The van der Waals surface area contributed by atoms with Crippen molar-refractivity contribution in [2.45, 2.75) is 0 Å². The zero-order valence-corrected chi connectivity index (χ0v) is 11.6. The van der Waals surface area contributed by atoms with Gasteiger partial charge in [0, 0.05) is 21.7 Å². The Morgan fingerprint density at radius 3 is 1.25 bits per heavy atom. The number of rotatable bonds is 0. The summed E-state index contributed by atoms with van der Waals surface area (Å²) in [4.78, 5) is 21.6. The second kappa shape index (κ2) is 9.59. The van der Waals surface area contributed by atoms with Crippen LogP contribution in [0.2, 0.25) is 0 Å². The van der Waals surface area contributed by atoms with E-state index in [0.717, 1.165) is 0 Å². The summed E-state index contributed by atoms with van der Waals surface area (Å²) in [7, 11) is -4.64. The van der Waals surface area contributed by atoms with Gasteiger partial charge in [-0.25, -0.2) is 4.57 Å². The van der Waals surface area contributed by atoms with Gasteiger partial charge in [-0.3, -0.25) is 0 Å². The quantitative estimate of drug-likeness (QED) is 0.297. The van der Waals surface area contributed by atoms with Crippen LogP contribution in [0.4, 0.5) is 0 Å². The topological polar surface area (TPSA) is 109 Å². The second-order valence-corrected chi connectivity index (χ2v) is 1.54. The maximum atomic E-state index is 8.88. The molecular formula is H6O5PRbTi. The van der Waals surface area contributed by atoms with E-state index in [2.05, 4.69) is 0 Å². The Morgan fingerprint density at radius 2 is 1.25 bits per heavy atom. The van der Waals surface area contributed by atoms with Gasteiger partial charge in [0.05, 0.1) is 0 Å². The van der Waals surface area contributed by atoms with Gasteiger partial charge in [0.2, 0.25) is 0 Å². The molecular weight excluding hydrogens is 244 g/mol. The minimum Gasteiger partial charge on any atom is -1.00 e. The van der Waals surface area contributed by atoms with Crippen molar-refractivity contribution in [3.05, 3.63) is 0 Å². The summed E-state index contributed by atoms with van der Waals surface area (Å²) in [5.74, 6) is 0. The molecule has 0 bridgehead atoms. The Morgan fingerprint density at radius 1 is 1.25 bits per heavy atom. The minimum atomic E-state index is -4.64. The maximum Gasteiger partial charge on any atom is 1.00 e. The summed E-state index contributed by atoms with van der Waals surface area (Å²) in [5, 5.41) is 0. The molecule has 8 heavy (non-hydrogen) atoms. The fourth-order valence-corrected chi connectivity index (χ4v) is 0. The Hall–Kier alpha value is 2.59. The van der Waals surface area contributed by atoms with Crippen LogP contribution in [0.3, 0.4) is 0 Å². The summed E-state index contributed by atoms with van der Waals surface area (Å²) in [6, 6.07) is 0. The molecule has 0 unspecified atom stereocenters. The van der Waals surface area contributed by atoms with E-state index in [9.17, 15) is 0 Å². The number of phosphoric acid groups is 1. The molecule has 0 saturated heterocycles. The first-order chi connectivity index (χ1) is 2.00. The first-order valence-corrected chi connectivity index (χ1v) is 2.35. The number of hydrogen-bond acceptors (Lipinski definition) is 1. The van der Waals surface area contributed by atoms with Crippen LogP contribution in [0.1, 0.15) is 1.43 Å². The second-order valence-electron chi connectivity index (χ2n) is 0.513. The van der Waals surface area contributed by atoms with Crippen LogP contribution >= 0.6 is 7.82 Å². The summed E-state index contributed by atoms with van der Waals surface area (Å²) >= 11 is 0. The van der Waals surface area contributed by atoms with Gasteiger partial charge in [-0.1, -0.05) is 0 Å². The van der Waals surface area contributed by atoms with Crippen LogP contribution in [0.5, 0.6) is 0 Å². The van der Waals surface area contributed by atoms with Crippen molar-refractivity contribution in [1.82, 2.24) is 0 Å². The van der Waals surface area contributed by atoms with E-state index < -0.39 is 7.82 Å². The molecule has 5 nitrogen and oxygen atoms in total. The van der Waals surface area contributed by atoms with Crippen molar-refractivity contribution < 1.29 is 106 Å². The van der Waals surface area contributed by atoms with Gasteiger partial charge in [0.15, 0.2) is 0 Å². The average molecular weight is 250 g/mol. The van der Waals surface area contributed by atoms with Crippen molar-refractivity contribution in [3.8, 4) is 0 Å². The third kappa shape index (κ3) is 73.8. The smallest absolute Gasteiger partial charge is 1.00 e. The zero-order valence-electron chi connectivity index (χ0n) is 5.20. The van der Waals surface area contributed by atoms with Crippen LogP contribution < -0.4 is 58.2 Å². The third-order valence-electron chi connectivity index (χ3n) is 0. The SMILES string of the molecule is O.O=P(O)(O)O.[H-].[Rb+].[Ti]. The summed E-state index contributed by atoms with van der Waals surface area (Å²) in [6.07, 6.45) is 0. The molecule has 0 radical (unpaired) electrons. The molecule has 0 atom stereocenters. The Bertz CT molecular complexity index is 63.1. The normalized spacial score (nSPS) is 7.38. The Balaban J connectivity index is -0.0000000133. The predicted molar refractivity (Wildman–Crippen MR) is 19.0 cm³/mol. The van der Waals surface area contributed by atoms with Crippen LogP contribution in [0, 0.1) is 0 Å². The molecule has 0 spiro atoms. The molecule has 0 aromatic carbocycles. The fourth-order valence-electron chi connectivity index (χ4n) is 0. The van der Waals surface area contributed by atoms with Crippen LogP contribution in [-0.2, 0) is 26.3 Å². The molecule has 0 heterocycles. The van der Waals surface area contributed by atoms with E-state index >= 15 is 0 Å². The molecule has 0 saturated carbocycles. The summed E-state index contributed by atoms with van der Waals surface area (Å²) < 4.78 is 8.88. The van der Waals surface area contributed by atoms with Gasteiger partial charge in [-0.2, -0.15) is 0 Å². The van der Waals surface area contributed by atoms with Crippen molar-refractivity contribution in [2.75, 3.05) is 0 Å². The molecule has 0 aliphatic carbocycles. The monoisotopic (exact) mass is 250 g/mol. The standard InChI is InChI=1S/H3O4P.H2O.Rb.Ti.H/c1-5(2,3)4;;;;/h(H3,1,2,3,4);1H2;;;/q;;+1;;-1.